The van der Waals surface area contributed by atoms with Crippen LogP contribution in [0.2, 0.25) is 0 Å². The number of carboxylic acid groups (broad SMARTS) is 1. The number of nitro benzene ring substituents is 1. The highest BCUT2D eigenvalue weighted by Crippen LogP contribution is 2.26. The zero-order valence-corrected chi connectivity index (χ0v) is 11.9. The molecule has 0 unspecified atom stereocenters. The molecule has 0 amide bonds. The fraction of sp³-hybridized carbons (Fsp3) is 0.462. The molecule has 2 N–H and O–H groups in total. The van der Waals surface area contributed by atoms with Crippen LogP contribution >= 0.6 is 0 Å². The molecule has 0 radical (unpaired) electrons. The molecule has 0 fully saturated rings. The number of nitro groups is 1. The largest absolute Gasteiger partial charge is 0.491 e. The maximum Gasteiger partial charge on any atom is 0.329 e. The number of anilines is 1. The van der Waals surface area contributed by atoms with E-state index in [2.05, 4.69) is 5.32 Å². The van der Waals surface area contributed by atoms with E-state index in [9.17, 15) is 14.9 Å². The van der Waals surface area contributed by atoms with Crippen LogP contribution in [-0.2, 0) is 9.53 Å². The summed E-state index contributed by atoms with van der Waals surface area (Å²) in [6.07, 6.45) is -0.0984. The Balaban J connectivity index is 2.65. The lowest BCUT2D eigenvalue weighted by Gasteiger charge is -2.12. The van der Waals surface area contributed by atoms with E-state index in [1.165, 1.54) is 12.1 Å². The molecule has 0 saturated heterocycles. The van der Waals surface area contributed by atoms with Crippen molar-refractivity contribution in [2.75, 3.05) is 25.1 Å². The number of nitrogens with one attached hydrogen (secondary N) is 1. The normalized spacial score (nSPS) is 10.4. The van der Waals surface area contributed by atoms with Crippen molar-refractivity contribution in [1.82, 2.24) is 0 Å². The predicted octanol–water partition coefficient (Wildman–Crippen LogP) is 1.90. The molecule has 0 aliphatic heterocycles. The molecule has 0 bridgehead atoms. The zero-order chi connectivity index (χ0) is 15.8. The van der Waals surface area contributed by atoms with E-state index in [-0.39, 0.29) is 25.0 Å². The number of ether oxygens (including phenoxy) is 2. The molecule has 0 atom stereocenters. The molecule has 8 heteroatoms. The SMILES string of the molecule is CC(C)Oc1cc(NCCOCC(=O)O)cc([N+](=O)[O-])c1. The molecule has 1 aromatic rings. The van der Waals surface area contributed by atoms with Crippen LogP contribution < -0.4 is 10.1 Å². The van der Waals surface area contributed by atoms with Crippen molar-refractivity contribution in [2.45, 2.75) is 20.0 Å². The fourth-order valence-corrected chi connectivity index (χ4v) is 1.56. The minimum Gasteiger partial charge on any atom is -0.491 e. The van der Waals surface area contributed by atoms with Gasteiger partial charge in [0, 0.05) is 24.4 Å². The average Bonchev–Trinajstić information content (AvgIpc) is 2.36. The van der Waals surface area contributed by atoms with Crippen molar-refractivity contribution in [3.63, 3.8) is 0 Å². The molecule has 1 rings (SSSR count). The van der Waals surface area contributed by atoms with Gasteiger partial charge in [0.25, 0.3) is 5.69 Å². The molecular weight excluding hydrogens is 280 g/mol. The molecule has 0 aliphatic rings. The summed E-state index contributed by atoms with van der Waals surface area (Å²) in [5.74, 6) is -0.647. The first-order valence-corrected chi connectivity index (χ1v) is 6.38. The third-order valence-electron chi connectivity index (χ3n) is 2.27. The Labute approximate surface area is 121 Å². The summed E-state index contributed by atoms with van der Waals surface area (Å²) in [6, 6.07) is 4.38. The van der Waals surface area contributed by atoms with Gasteiger partial charge in [0.15, 0.2) is 0 Å². The first-order valence-electron chi connectivity index (χ1n) is 6.38. The van der Waals surface area contributed by atoms with Crippen molar-refractivity contribution in [2.24, 2.45) is 0 Å². The molecule has 1 aromatic carbocycles. The smallest absolute Gasteiger partial charge is 0.329 e. The number of hydrogen-bond donors (Lipinski definition) is 2. The van der Waals surface area contributed by atoms with Crippen LogP contribution in [0.3, 0.4) is 0 Å². The molecule has 0 heterocycles. The van der Waals surface area contributed by atoms with Crippen molar-refractivity contribution >= 4 is 17.3 Å². The maximum atomic E-state index is 10.9. The highest BCUT2D eigenvalue weighted by Gasteiger charge is 2.11. The zero-order valence-electron chi connectivity index (χ0n) is 11.9. The van der Waals surface area contributed by atoms with Gasteiger partial charge in [-0.15, -0.1) is 0 Å². The first-order chi connectivity index (χ1) is 9.88. The number of benzene rings is 1. The second-order valence-electron chi connectivity index (χ2n) is 4.51. The van der Waals surface area contributed by atoms with Crippen molar-refractivity contribution in [3.05, 3.63) is 28.3 Å². The van der Waals surface area contributed by atoms with Gasteiger partial charge in [0.2, 0.25) is 0 Å². The lowest BCUT2D eigenvalue weighted by atomic mass is 10.2. The number of nitrogens with zero attached hydrogens (tertiary/aromatic N) is 1. The van der Waals surface area contributed by atoms with Crippen LogP contribution in [0.1, 0.15) is 13.8 Å². The second-order valence-corrected chi connectivity index (χ2v) is 4.51. The summed E-state index contributed by atoms with van der Waals surface area (Å²) < 4.78 is 10.3. The van der Waals surface area contributed by atoms with E-state index in [0.29, 0.717) is 18.0 Å². The van der Waals surface area contributed by atoms with Gasteiger partial charge in [-0.05, 0) is 13.8 Å². The Kier molecular flexibility index (Phi) is 6.41. The Morgan fingerprint density at radius 2 is 2.14 bits per heavy atom. The number of carbonyl (C=O) groups is 1. The molecule has 0 saturated carbocycles. The van der Waals surface area contributed by atoms with Crippen LogP contribution in [-0.4, -0.2) is 41.9 Å². The Bertz CT molecular complexity index is 503. The highest BCUT2D eigenvalue weighted by atomic mass is 16.6. The van der Waals surface area contributed by atoms with Crippen molar-refractivity contribution in [1.29, 1.82) is 0 Å². The van der Waals surface area contributed by atoms with E-state index in [1.54, 1.807) is 6.07 Å². The molecule has 21 heavy (non-hydrogen) atoms. The van der Waals surface area contributed by atoms with Gasteiger partial charge in [-0.3, -0.25) is 10.1 Å². The van der Waals surface area contributed by atoms with E-state index >= 15 is 0 Å². The standard InChI is InChI=1S/C13H18N2O6/c1-9(2)21-12-6-10(5-11(7-12)15(18)19)14-3-4-20-8-13(16)17/h5-7,9,14H,3-4,8H2,1-2H3,(H,16,17). The van der Waals surface area contributed by atoms with Gasteiger partial charge in [0.05, 0.1) is 23.7 Å². The Morgan fingerprint density at radius 1 is 1.43 bits per heavy atom. The lowest BCUT2D eigenvalue weighted by Crippen LogP contribution is -2.14. The van der Waals surface area contributed by atoms with Crippen LogP contribution in [0.25, 0.3) is 0 Å². The monoisotopic (exact) mass is 298 g/mol. The second kappa shape index (κ2) is 8.05. The lowest BCUT2D eigenvalue weighted by molar-refractivity contribution is -0.384. The van der Waals surface area contributed by atoms with E-state index in [1.807, 2.05) is 13.8 Å². The third-order valence-corrected chi connectivity index (χ3v) is 2.27. The molecule has 0 aromatic heterocycles. The first kappa shape index (κ1) is 16.7. The minimum absolute atomic E-state index is 0.0814. The summed E-state index contributed by atoms with van der Waals surface area (Å²) in [7, 11) is 0. The predicted molar refractivity (Wildman–Crippen MR) is 75.8 cm³/mol. The van der Waals surface area contributed by atoms with Crippen LogP contribution in [0.4, 0.5) is 11.4 Å². The minimum atomic E-state index is -1.04. The van der Waals surface area contributed by atoms with E-state index in [4.69, 9.17) is 14.6 Å². The molecule has 0 aliphatic carbocycles. The number of aliphatic carboxylic acids is 1. The number of carboxylic acids is 1. The quantitative estimate of drug-likeness (QED) is 0.407. The summed E-state index contributed by atoms with van der Waals surface area (Å²) in [5.41, 5.74) is 0.431. The molecule has 8 nitrogen and oxygen atoms in total. The molecule has 0 spiro atoms. The van der Waals surface area contributed by atoms with E-state index < -0.39 is 10.9 Å². The van der Waals surface area contributed by atoms with Gasteiger partial charge in [0.1, 0.15) is 12.4 Å². The summed E-state index contributed by atoms with van der Waals surface area (Å²) in [5, 5.41) is 22.2. The van der Waals surface area contributed by atoms with Crippen molar-refractivity contribution in [3.8, 4) is 5.75 Å². The summed E-state index contributed by atoms with van der Waals surface area (Å²) >= 11 is 0. The average molecular weight is 298 g/mol. The summed E-state index contributed by atoms with van der Waals surface area (Å²) in [4.78, 5) is 20.6. The molecule has 116 valence electrons. The van der Waals surface area contributed by atoms with Gasteiger partial charge < -0.3 is 19.9 Å². The topological polar surface area (TPSA) is 111 Å². The maximum absolute atomic E-state index is 10.9. The number of rotatable bonds is 9. The van der Waals surface area contributed by atoms with Crippen LogP contribution in [0.15, 0.2) is 18.2 Å². The van der Waals surface area contributed by atoms with Gasteiger partial charge in [-0.1, -0.05) is 0 Å². The highest BCUT2D eigenvalue weighted by molar-refractivity contribution is 5.68. The Hall–Kier alpha value is -2.35. The third kappa shape index (κ3) is 6.57. The molecular formula is C13H18N2O6. The van der Waals surface area contributed by atoms with Gasteiger partial charge in [-0.25, -0.2) is 4.79 Å². The number of non-ortho nitro benzene ring substituents is 1. The van der Waals surface area contributed by atoms with Crippen molar-refractivity contribution < 1.29 is 24.3 Å². The van der Waals surface area contributed by atoms with E-state index in [0.717, 1.165) is 0 Å². The number of hydrogen-bond acceptors (Lipinski definition) is 6. The fourth-order valence-electron chi connectivity index (χ4n) is 1.56. The summed E-state index contributed by atoms with van der Waals surface area (Å²) in [6.45, 7) is 3.78. The van der Waals surface area contributed by atoms with Gasteiger partial charge in [-0.2, -0.15) is 0 Å². The van der Waals surface area contributed by atoms with Crippen LogP contribution in [0, 0.1) is 10.1 Å². The van der Waals surface area contributed by atoms with Crippen LogP contribution in [0.5, 0.6) is 5.75 Å². The Morgan fingerprint density at radius 3 is 2.71 bits per heavy atom. The van der Waals surface area contributed by atoms with Gasteiger partial charge >= 0.3 is 5.97 Å².